The van der Waals surface area contributed by atoms with Gasteiger partial charge in [0.05, 0.1) is 4.91 Å². The average Bonchev–Trinajstić information content (AvgIpc) is 2.82. The Hall–Kier alpha value is -1.82. The summed E-state index contributed by atoms with van der Waals surface area (Å²) in [5.74, 6) is -0.410. The second-order valence-electron chi connectivity index (χ2n) is 7.74. The van der Waals surface area contributed by atoms with Crippen molar-refractivity contribution in [2.75, 3.05) is 18.5 Å². The number of anilines is 1. The maximum absolute atomic E-state index is 14.8. The monoisotopic (exact) mass is 376 g/mol. The van der Waals surface area contributed by atoms with Crippen molar-refractivity contribution in [3.8, 4) is 0 Å². The van der Waals surface area contributed by atoms with Gasteiger partial charge in [-0.1, -0.05) is 13.8 Å². The van der Waals surface area contributed by atoms with E-state index in [0.717, 1.165) is 29.4 Å². The Balaban J connectivity index is 2.00. The molecule has 0 aliphatic carbocycles. The third kappa shape index (κ3) is 3.15. The molecule has 6 heteroatoms. The van der Waals surface area contributed by atoms with Gasteiger partial charge in [0, 0.05) is 30.4 Å². The Bertz CT molecular complexity index is 803. The molecule has 0 bridgehead atoms. The minimum atomic E-state index is -0.372. The molecule has 0 aromatic heterocycles. The van der Waals surface area contributed by atoms with Crippen LogP contribution in [0.15, 0.2) is 17.0 Å². The van der Waals surface area contributed by atoms with E-state index in [1.54, 1.807) is 6.07 Å². The van der Waals surface area contributed by atoms with Crippen LogP contribution in [0.4, 0.5) is 14.9 Å². The predicted octanol–water partition coefficient (Wildman–Crippen LogP) is 4.99. The third-order valence-corrected chi connectivity index (χ3v) is 6.27. The number of carbonyl (C=O) groups is 2. The van der Waals surface area contributed by atoms with Crippen molar-refractivity contribution in [2.24, 2.45) is 0 Å². The van der Waals surface area contributed by atoms with Crippen LogP contribution in [0.25, 0.3) is 6.08 Å². The van der Waals surface area contributed by atoms with E-state index in [1.165, 1.54) is 11.0 Å². The quantitative estimate of drug-likeness (QED) is 0.697. The fraction of sp³-hybridized carbons (Fsp3) is 0.500. The van der Waals surface area contributed by atoms with Crippen LogP contribution >= 0.6 is 11.8 Å². The van der Waals surface area contributed by atoms with Crippen molar-refractivity contribution in [3.63, 3.8) is 0 Å². The van der Waals surface area contributed by atoms with Gasteiger partial charge < -0.3 is 4.90 Å². The molecule has 1 saturated heterocycles. The lowest BCUT2D eigenvalue weighted by Crippen LogP contribution is -2.45. The number of thioether (sulfide) groups is 1. The number of hydrogen-bond acceptors (Lipinski definition) is 4. The predicted molar refractivity (Wildman–Crippen MR) is 105 cm³/mol. The standard InChI is InChI=1S/C20H25FN2O2S/c1-6-7-23-18(24)17(26-19(23)25)9-13-8-14-12(2)11-20(3,4)22(5)16(14)10-15(13)21/h8-10,12H,6-7,11H2,1-5H3/b17-9+. The summed E-state index contributed by atoms with van der Waals surface area (Å²) in [6.07, 6.45) is 3.19. The first-order valence-electron chi connectivity index (χ1n) is 8.98. The summed E-state index contributed by atoms with van der Waals surface area (Å²) in [4.78, 5) is 28.0. The summed E-state index contributed by atoms with van der Waals surface area (Å²) < 4.78 is 14.8. The maximum atomic E-state index is 14.8. The number of hydrogen-bond donors (Lipinski definition) is 0. The summed E-state index contributed by atoms with van der Waals surface area (Å²) in [6, 6.07) is 3.38. The number of imide groups is 1. The number of nitrogens with zero attached hydrogens (tertiary/aromatic N) is 2. The molecule has 2 heterocycles. The van der Waals surface area contributed by atoms with Crippen molar-refractivity contribution in [2.45, 2.75) is 52.0 Å². The van der Waals surface area contributed by atoms with Crippen molar-refractivity contribution in [1.82, 2.24) is 4.90 Å². The Morgan fingerprint density at radius 3 is 2.69 bits per heavy atom. The lowest BCUT2D eigenvalue weighted by atomic mass is 9.80. The van der Waals surface area contributed by atoms with E-state index < -0.39 is 0 Å². The summed E-state index contributed by atoms with van der Waals surface area (Å²) >= 11 is 0.885. The largest absolute Gasteiger partial charge is 0.369 e. The SMILES string of the molecule is CCCN1C(=O)S/C(=C/c2cc3c(cc2F)N(C)C(C)(C)CC3C)C1=O. The second-order valence-corrected chi connectivity index (χ2v) is 8.74. The molecule has 3 rings (SSSR count). The van der Waals surface area contributed by atoms with E-state index in [0.29, 0.717) is 29.4 Å². The smallest absolute Gasteiger partial charge is 0.293 e. The molecule has 1 atom stereocenters. The van der Waals surface area contributed by atoms with E-state index >= 15 is 0 Å². The Morgan fingerprint density at radius 1 is 1.35 bits per heavy atom. The molecule has 2 aliphatic heterocycles. The summed E-state index contributed by atoms with van der Waals surface area (Å²) in [6.45, 7) is 8.76. The fourth-order valence-corrected chi connectivity index (χ4v) is 4.63. The number of halogens is 1. The molecule has 1 aromatic carbocycles. The topological polar surface area (TPSA) is 40.6 Å². The van der Waals surface area contributed by atoms with Crippen molar-refractivity contribution < 1.29 is 14.0 Å². The van der Waals surface area contributed by atoms with Crippen LogP contribution < -0.4 is 4.90 Å². The number of rotatable bonds is 3. The van der Waals surface area contributed by atoms with Gasteiger partial charge in [-0.2, -0.15) is 0 Å². The van der Waals surface area contributed by atoms with E-state index in [4.69, 9.17) is 0 Å². The highest BCUT2D eigenvalue weighted by atomic mass is 32.2. The third-order valence-electron chi connectivity index (χ3n) is 5.36. The van der Waals surface area contributed by atoms with Crippen LogP contribution in [0.3, 0.4) is 0 Å². The number of carbonyl (C=O) groups excluding carboxylic acids is 2. The lowest BCUT2D eigenvalue weighted by Gasteiger charge is -2.45. The minimum Gasteiger partial charge on any atom is -0.369 e. The molecule has 0 radical (unpaired) electrons. The van der Waals surface area contributed by atoms with Crippen LogP contribution in [-0.4, -0.2) is 35.2 Å². The first-order chi connectivity index (χ1) is 12.2. The highest BCUT2D eigenvalue weighted by Crippen LogP contribution is 2.44. The molecule has 140 valence electrons. The van der Waals surface area contributed by atoms with Crippen LogP contribution in [0.2, 0.25) is 0 Å². The van der Waals surface area contributed by atoms with Gasteiger partial charge in [0.25, 0.3) is 11.1 Å². The molecule has 4 nitrogen and oxygen atoms in total. The first-order valence-corrected chi connectivity index (χ1v) is 9.80. The zero-order chi connectivity index (χ0) is 19.2. The van der Waals surface area contributed by atoms with E-state index in [2.05, 4.69) is 25.7 Å². The minimum absolute atomic E-state index is 0.0385. The van der Waals surface area contributed by atoms with Crippen molar-refractivity contribution in [3.05, 3.63) is 34.0 Å². The molecule has 1 fully saturated rings. The highest BCUT2D eigenvalue weighted by molar-refractivity contribution is 8.18. The molecular weight excluding hydrogens is 351 g/mol. The van der Waals surface area contributed by atoms with E-state index in [9.17, 15) is 14.0 Å². The van der Waals surface area contributed by atoms with Gasteiger partial charge >= 0.3 is 0 Å². The zero-order valence-corrected chi connectivity index (χ0v) is 16.7. The number of benzene rings is 1. The van der Waals surface area contributed by atoms with Gasteiger partial charge in [0.15, 0.2) is 0 Å². The first kappa shape index (κ1) is 19.0. The van der Waals surface area contributed by atoms with Crippen LogP contribution in [0.1, 0.15) is 57.6 Å². The van der Waals surface area contributed by atoms with Crippen LogP contribution in [-0.2, 0) is 4.79 Å². The molecular formula is C20H25FN2O2S. The van der Waals surface area contributed by atoms with Gasteiger partial charge in [0.1, 0.15) is 5.82 Å². The van der Waals surface area contributed by atoms with Gasteiger partial charge in [-0.25, -0.2) is 4.39 Å². The maximum Gasteiger partial charge on any atom is 0.293 e. The summed E-state index contributed by atoms with van der Waals surface area (Å²) in [5.41, 5.74) is 2.30. The molecule has 0 N–H and O–H groups in total. The Kier molecular flexibility index (Phi) is 4.90. The van der Waals surface area contributed by atoms with Gasteiger partial charge in [-0.05, 0) is 68.1 Å². The van der Waals surface area contributed by atoms with Gasteiger partial charge in [-0.3, -0.25) is 14.5 Å². The van der Waals surface area contributed by atoms with Crippen molar-refractivity contribution in [1.29, 1.82) is 0 Å². The highest BCUT2D eigenvalue weighted by Gasteiger charge is 2.36. The summed E-state index contributed by atoms with van der Waals surface area (Å²) in [5, 5.41) is -0.281. The average molecular weight is 376 g/mol. The molecule has 2 amide bonds. The Morgan fingerprint density at radius 2 is 2.04 bits per heavy atom. The molecule has 0 spiro atoms. The molecule has 26 heavy (non-hydrogen) atoms. The Labute approximate surface area is 158 Å². The molecule has 2 aliphatic rings. The second kappa shape index (κ2) is 6.72. The normalized spacial score (nSPS) is 23.8. The van der Waals surface area contributed by atoms with E-state index in [1.807, 2.05) is 20.0 Å². The number of amides is 2. The van der Waals surface area contributed by atoms with Crippen LogP contribution in [0, 0.1) is 5.82 Å². The molecule has 0 saturated carbocycles. The zero-order valence-electron chi connectivity index (χ0n) is 15.9. The van der Waals surface area contributed by atoms with Gasteiger partial charge in [0.2, 0.25) is 0 Å². The van der Waals surface area contributed by atoms with E-state index in [-0.39, 0.29) is 22.5 Å². The summed E-state index contributed by atoms with van der Waals surface area (Å²) in [7, 11) is 1.99. The fourth-order valence-electron chi connectivity index (χ4n) is 3.77. The van der Waals surface area contributed by atoms with Crippen LogP contribution in [0.5, 0.6) is 0 Å². The lowest BCUT2D eigenvalue weighted by molar-refractivity contribution is -0.122. The molecule has 1 unspecified atom stereocenters. The van der Waals surface area contributed by atoms with Crippen molar-refractivity contribution >= 4 is 34.7 Å². The molecule has 1 aromatic rings. The number of fused-ring (bicyclic) bond motifs is 1. The van der Waals surface area contributed by atoms with Gasteiger partial charge in [-0.15, -0.1) is 0 Å².